The number of ether oxygens (including phenoxy) is 1. The molecule has 162 valence electrons. The predicted octanol–water partition coefficient (Wildman–Crippen LogP) is 3.21. The third-order valence-corrected chi connectivity index (χ3v) is 4.33. The maximum absolute atomic E-state index is 12.0. The lowest BCUT2D eigenvalue weighted by molar-refractivity contribution is -0.136. The van der Waals surface area contributed by atoms with Gasteiger partial charge in [0.05, 0.1) is 12.2 Å². The Bertz CT molecular complexity index is 625. The molecule has 2 N–H and O–H groups in total. The second-order valence-corrected chi connectivity index (χ2v) is 6.97. The highest BCUT2D eigenvalue weighted by Gasteiger charge is 2.14. The van der Waals surface area contributed by atoms with Gasteiger partial charge in [0.25, 0.3) is 0 Å². The minimum atomic E-state index is -0.720. The number of amides is 2. The molecule has 0 heterocycles. The summed E-state index contributed by atoms with van der Waals surface area (Å²) in [5.74, 6) is -1.78. The zero-order valence-corrected chi connectivity index (χ0v) is 18.0. The van der Waals surface area contributed by atoms with Crippen LogP contribution < -0.4 is 10.6 Å². The maximum atomic E-state index is 12.0. The molecule has 0 aromatic heterocycles. The van der Waals surface area contributed by atoms with E-state index >= 15 is 0 Å². The van der Waals surface area contributed by atoms with Crippen molar-refractivity contribution in [1.82, 2.24) is 10.2 Å². The van der Waals surface area contributed by atoms with Crippen molar-refractivity contribution < 1.29 is 19.1 Å². The summed E-state index contributed by atoms with van der Waals surface area (Å²) in [4.78, 5) is 38.2. The number of nitrogens with zero attached hydrogens (tertiary/aromatic N) is 1. The molecule has 0 saturated carbocycles. The molecule has 1 aromatic rings. The van der Waals surface area contributed by atoms with Gasteiger partial charge in [0, 0.05) is 12.2 Å². The largest absolute Gasteiger partial charge is 0.462 e. The van der Waals surface area contributed by atoms with Gasteiger partial charge in [0.2, 0.25) is 0 Å². The molecule has 7 heteroatoms. The van der Waals surface area contributed by atoms with Crippen molar-refractivity contribution in [3.05, 3.63) is 29.8 Å². The van der Waals surface area contributed by atoms with Gasteiger partial charge in [0.15, 0.2) is 0 Å². The molecular formula is C22H35N3O4. The molecule has 0 radical (unpaired) electrons. The van der Waals surface area contributed by atoms with E-state index in [2.05, 4.69) is 29.4 Å². The van der Waals surface area contributed by atoms with Crippen LogP contribution in [0, 0.1) is 0 Å². The fourth-order valence-electron chi connectivity index (χ4n) is 2.82. The number of anilines is 1. The van der Waals surface area contributed by atoms with E-state index in [-0.39, 0.29) is 0 Å². The Labute approximate surface area is 174 Å². The number of carbonyl (C=O) groups is 3. The Morgan fingerprint density at radius 1 is 0.862 bits per heavy atom. The SMILES string of the molecule is CCCCOC(=O)c1ccc(NC(=O)C(=O)NCCCN(CCC)CCC)cc1. The second-order valence-electron chi connectivity index (χ2n) is 6.97. The summed E-state index contributed by atoms with van der Waals surface area (Å²) in [5.41, 5.74) is 0.861. The lowest BCUT2D eigenvalue weighted by Crippen LogP contribution is -2.37. The molecule has 0 spiro atoms. The van der Waals surface area contributed by atoms with Crippen molar-refractivity contribution in [2.45, 2.75) is 52.9 Å². The normalized spacial score (nSPS) is 10.6. The Kier molecular flexibility index (Phi) is 12.4. The highest BCUT2D eigenvalue weighted by molar-refractivity contribution is 6.39. The third kappa shape index (κ3) is 10.1. The van der Waals surface area contributed by atoms with Gasteiger partial charge < -0.3 is 20.3 Å². The summed E-state index contributed by atoms with van der Waals surface area (Å²) in [6, 6.07) is 6.29. The summed E-state index contributed by atoms with van der Waals surface area (Å²) in [5, 5.41) is 5.19. The molecule has 0 bridgehead atoms. The van der Waals surface area contributed by atoms with Crippen LogP contribution in [0.3, 0.4) is 0 Å². The van der Waals surface area contributed by atoms with Gasteiger partial charge in [-0.3, -0.25) is 9.59 Å². The number of nitrogens with one attached hydrogen (secondary N) is 2. The minimum absolute atomic E-state index is 0.392. The molecular weight excluding hydrogens is 370 g/mol. The molecule has 7 nitrogen and oxygen atoms in total. The van der Waals surface area contributed by atoms with E-state index in [9.17, 15) is 14.4 Å². The van der Waals surface area contributed by atoms with E-state index in [0.29, 0.717) is 24.4 Å². The number of hydrogen-bond donors (Lipinski definition) is 2. The summed E-state index contributed by atoms with van der Waals surface area (Å²) in [7, 11) is 0. The molecule has 0 aliphatic rings. The van der Waals surface area contributed by atoms with Gasteiger partial charge in [-0.25, -0.2) is 4.79 Å². The zero-order valence-electron chi connectivity index (χ0n) is 18.0. The number of hydrogen-bond acceptors (Lipinski definition) is 5. The highest BCUT2D eigenvalue weighted by Crippen LogP contribution is 2.11. The minimum Gasteiger partial charge on any atom is -0.462 e. The third-order valence-electron chi connectivity index (χ3n) is 4.33. The molecule has 2 amide bonds. The molecule has 0 fully saturated rings. The van der Waals surface area contributed by atoms with Crippen LogP contribution in [-0.2, 0) is 14.3 Å². The molecule has 0 aliphatic carbocycles. The standard InChI is InChI=1S/C22H35N3O4/c1-4-7-17-29-22(28)18-9-11-19(12-10-18)24-21(27)20(26)23-13-8-16-25(14-5-2)15-6-3/h9-12H,4-8,13-17H2,1-3H3,(H,23,26)(H,24,27). The van der Waals surface area contributed by atoms with Crippen LogP contribution in [0.2, 0.25) is 0 Å². The second kappa shape index (κ2) is 14.6. The average molecular weight is 406 g/mol. The maximum Gasteiger partial charge on any atom is 0.338 e. The summed E-state index contributed by atoms with van der Waals surface area (Å²) in [6.45, 7) is 10.2. The first-order valence-corrected chi connectivity index (χ1v) is 10.6. The smallest absolute Gasteiger partial charge is 0.338 e. The Morgan fingerprint density at radius 3 is 2.10 bits per heavy atom. The number of unbranched alkanes of at least 4 members (excludes halogenated alkanes) is 1. The van der Waals surface area contributed by atoms with Crippen molar-refractivity contribution in [1.29, 1.82) is 0 Å². The number of rotatable bonds is 13. The van der Waals surface area contributed by atoms with Crippen LogP contribution in [-0.4, -0.2) is 55.5 Å². The number of benzene rings is 1. The van der Waals surface area contributed by atoms with Crippen LogP contribution in [0.25, 0.3) is 0 Å². The number of esters is 1. The van der Waals surface area contributed by atoms with Crippen LogP contribution in [0.4, 0.5) is 5.69 Å². The molecule has 0 atom stereocenters. The summed E-state index contributed by atoms with van der Waals surface area (Å²) >= 11 is 0. The monoisotopic (exact) mass is 405 g/mol. The van der Waals surface area contributed by atoms with E-state index in [1.165, 1.54) is 0 Å². The van der Waals surface area contributed by atoms with Crippen molar-refractivity contribution in [2.75, 3.05) is 38.1 Å². The van der Waals surface area contributed by atoms with E-state index < -0.39 is 17.8 Å². The van der Waals surface area contributed by atoms with Crippen molar-refractivity contribution in [3.63, 3.8) is 0 Å². The summed E-state index contributed by atoms with van der Waals surface area (Å²) in [6.07, 6.45) is 4.78. The van der Waals surface area contributed by atoms with Crippen molar-refractivity contribution >= 4 is 23.5 Å². The molecule has 0 aliphatic heterocycles. The first-order chi connectivity index (χ1) is 14.0. The lowest BCUT2D eigenvalue weighted by atomic mass is 10.2. The fourth-order valence-corrected chi connectivity index (χ4v) is 2.82. The van der Waals surface area contributed by atoms with E-state index in [0.717, 1.165) is 51.7 Å². The van der Waals surface area contributed by atoms with Gasteiger partial charge in [-0.1, -0.05) is 27.2 Å². The first-order valence-electron chi connectivity index (χ1n) is 10.6. The topological polar surface area (TPSA) is 87.7 Å². The van der Waals surface area contributed by atoms with Gasteiger partial charge >= 0.3 is 17.8 Å². The Balaban J connectivity index is 2.37. The van der Waals surface area contributed by atoms with E-state index in [1.54, 1.807) is 24.3 Å². The lowest BCUT2D eigenvalue weighted by Gasteiger charge is -2.20. The Morgan fingerprint density at radius 2 is 1.52 bits per heavy atom. The highest BCUT2D eigenvalue weighted by atomic mass is 16.5. The Hall–Kier alpha value is -2.41. The average Bonchev–Trinajstić information content (AvgIpc) is 2.71. The fraction of sp³-hybridized carbons (Fsp3) is 0.591. The molecule has 0 saturated heterocycles. The van der Waals surface area contributed by atoms with Crippen LogP contribution >= 0.6 is 0 Å². The molecule has 1 aromatic carbocycles. The van der Waals surface area contributed by atoms with Crippen molar-refractivity contribution in [3.8, 4) is 0 Å². The number of carbonyl (C=O) groups excluding carboxylic acids is 3. The summed E-state index contributed by atoms with van der Waals surface area (Å²) < 4.78 is 5.14. The molecule has 29 heavy (non-hydrogen) atoms. The predicted molar refractivity (Wildman–Crippen MR) is 115 cm³/mol. The molecule has 1 rings (SSSR count). The van der Waals surface area contributed by atoms with E-state index in [4.69, 9.17) is 4.74 Å². The van der Waals surface area contributed by atoms with Gasteiger partial charge in [0.1, 0.15) is 0 Å². The quantitative estimate of drug-likeness (QED) is 0.299. The first kappa shape index (κ1) is 24.6. The molecule has 0 unspecified atom stereocenters. The van der Waals surface area contributed by atoms with Crippen molar-refractivity contribution in [2.24, 2.45) is 0 Å². The van der Waals surface area contributed by atoms with Gasteiger partial charge in [-0.2, -0.15) is 0 Å². The van der Waals surface area contributed by atoms with Gasteiger partial charge in [-0.15, -0.1) is 0 Å². The van der Waals surface area contributed by atoms with E-state index in [1.807, 2.05) is 6.92 Å². The van der Waals surface area contributed by atoms with Crippen LogP contribution in [0.15, 0.2) is 24.3 Å². The van der Waals surface area contributed by atoms with Crippen LogP contribution in [0.1, 0.15) is 63.2 Å². The zero-order chi connectivity index (χ0) is 21.5. The van der Waals surface area contributed by atoms with Crippen LogP contribution in [0.5, 0.6) is 0 Å². The van der Waals surface area contributed by atoms with Gasteiger partial charge in [-0.05, 0) is 69.6 Å².